The molecule has 0 amide bonds. The third-order valence-electron chi connectivity index (χ3n) is 3.30. The Labute approximate surface area is 117 Å². The van der Waals surface area contributed by atoms with Crippen molar-refractivity contribution >= 4 is 23.1 Å². The molecule has 19 heavy (non-hydrogen) atoms. The Balaban J connectivity index is 2.37. The van der Waals surface area contributed by atoms with E-state index in [9.17, 15) is 0 Å². The highest BCUT2D eigenvalue weighted by molar-refractivity contribution is 7.71. The molecule has 0 bridgehead atoms. The maximum Gasteiger partial charge on any atom is 0.137 e. The van der Waals surface area contributed by atoms with Crippen LogP contribution < -0.4 is 0 Å². The van der Waals surface area contributed by atoms with Gasteiger partial charge in [-0.05, 0) is 37.6 Å². The van der Waals surface area contributed by atoms with E-state index < -0.39 is 0 Å². The molecule has 0 aliphatic carbocycles. The summed E-state index contributed by atoms with van der Waals surface area (Å²) >= 11 is 5.29. The van der Waals surface area contributed by atoms with Gasteiger partial charge in [0.1, 0.15) is 11.0 Å². The third kappa shape index (κ3) is 2.06. The topological polar surface area (TPSA) is 17.8 Å². The highest BCUT2D eigenvalue weighted by Gasteiger charge is 2.05. The molecule has 3 rings (SSSR count). The lowest BCUT2D eigenvalue weighted by molar-refractivity contribution is 1.01. The number of para-hydroxylation sites is 1. The lowest BCUT2D eigenvalue weighted by Gasteiger charge is -2.13. The minimum Gasteiger partial charge on any atom is -0.300 e. The number of hydrogen-bond donors (Lipinski definition) is 0. The van der Waals surface area contributed by atoms with Gasteiger partial charge in [0.2, 0.25) is 0 Å². The summed E-state index contributed by atoms with van der Waals surface area (Å²) in [6.45, 7) is 4.22. The fourth-order valence-corrected chi connectivity index (χ4v) is 2.59. The molecule has 0 unspecified atom stereocenters. The zero-order valence-electron chi connectivity index (χ0n) is 10.9. The molecule has 0 aliphatic heterocycles. The van der Waals surface area contributed by atoms with E-state index in [0.717, 1.165) is 16.6 Å². The van der Waals surface area contributed by atoms with Gasteiger partial charge in [-0.3, -0.25) is 0 Å². The summed E-state index contributed by atoms with van der Waals surface area (Å²) in [5.74, 6) is 0. The first-order valence-corrected chi connectivity index (χ1v) is 6.61. The first kappa shape index (κ1) is 12.1. The second kappa shape index (κ2) is 4.59. The highest BCUT2D eigenvalue weighted by Crippen LogP contribution is 2.21. The van der Waals surface area contributed by atoms with Gasteiger partial charge in [0.25, 0.3) is 0 Å². The standard InChI is InChI=1S/C16H14N2S/c1-11-7-8-14(12(2)9-11)18-10-17-16(19)13-5-3-4-6-15(13)18/h3-10H,1-2H3. The highest BCUT2D eigenvalue weighted by atomic mass is 32.1. The molecule has 94 valence electrons. The zero-order chi connectivity index (χ0) is 13.4. The van der Waals surface area contributed by atoms with E-state index in [1.165, 1.54) is 11.1 Å². The monoisotopic (exact) mass is 266 g/mol. The molecular formula is C16H14N2S. The molecule has 1 heterocycles. The Kier molecular flexibility index (Phi) is 2.91. The Bertz CT molecular complexity index is 818. The molecule has 2 aromatic carbocycles. The number of aryl methyl sites for hydroxylation is 2. The number of fused-ring (bicyclic) bond motifs is 1. The lowest BCUT2D eigenvalue weighted by atomic mass is 10.1. The van der Waals surface area contributed by atoms with Crippen LogP contribution >= 0.6 is 12.2 Å². The second-order valence-electron chi connectivity index (χ2n) is 4.73. The van der Waals surface area contributed by atoms with E-state index in [4.69, 9.17) is 12.2 Å². The lowest BCUT2D eigenvalue weighted by Crippen LogP contribution is -2.01. The van der Waals surface area contributed by atoms with Gasteiger partial charge in [-0.25, -0.2) is 4.98 Å². The molecule has 0 radical (unpaired) electrons. The van der Waals surface area contributed by atoms with Gasteiger partial charge in [0.05, 0.1) is 5.52 Å². The first-order valence-electron chi connectivity index (χ1n) is 6.21. The molecule has 0 fully saturated rings. The summed E-state index contributed by atoms with van der Waals surface area (Å²) in [5.41, 5.74) is 4.73. The van der Waals surface area contributed by atoms with Gasteiger partial charge in [0, 0.05) is 11.1 Å². The number of benzene rings is 2. The third-order valence-corrected chi connectivity index (χ3v) is 3.62. The van der Waals surface area contributed by atoms with E-state index >= 15 is 0 Å². The van der Waals surface area contributed by atoms with E-state index in [1.54, 1.807) is 0 Å². The van der Waals surface area contributed by atoms with Crippen LogP contribution in [0.1, 0.15) is 11.1 Å². The van der Waals surface area contributed by atoms with Gasteiger partial charge >= 0.3 is 0 Å². The van der Waals surface area contributed by atoms with Crippen molar-refractivity contribution in [2.75, 3.05) is 0 Å². The summed E-state index contributed by atoms with van der Waals surface area (Å²) in [6.07, 6.45) is 1.81. The summed E-state index contributed by atoms with van der Waals surface area (Å²) in [6, 6.07) is 14.5. The predicted molar refractivity (Wildman–Crippen MR) is 81.4 cm³/mol. The van der Waals surface area contributed by atoms with E-state index in [2.05, 4.69) is 47.7 Å². The van der Waals surface area contributed by atoms with Crippen molar-refractivity contribution < 1.29 is 0 Å². The van der Waals surface area contributed by atoms with Crippen molar-refractivity contribution in [3.05, 3.63) is 64.6 Å². The van der Waals surface area contributed by atoms with Crippen LogP contribution in [0.3, 0.4) is 0 Å². The molecule has 1 aromatic heterocycles. The summed E-state index contributed by atoms with van der Waals surface area (Å²) < 4.78 is 2.75. The van der Waals surface area contributed by atoms with Gasteiger partial charge < -0.3 is 4.57 Å². The largest absolute Gasteiger partial charge is 0.300 e. The minimum atomic E-state index is 0.650. The van der Waals surface area contributed by atoms with E-state index in [0.29, 0.717) is 4.64 Å². The van der Waals surface area contributed by atoms with Crippen LogP contribution in [0.2, 0.25) is 0 Å². The molecule has 0 N–H and O–H groups in total. The Hall–Kier alpha value is -2.00. The van der Waals surface area contributed by atoms with Crippen molar-refractivity contribution in [1.82, 2.24) is 9.55 Å². The average Bonchev–Trinajstić information content (AvgIpc) is 2.41. The average molecular weight is 266 g/mol. The first-order chi connectivity index (χ1) is 9.16. The Morgan fingerprint density at radius 1 is 1.05 bits per heavy atom. The van der Waals surface area contributed by atoms with Crippen LogP contribution in [0.25, 0.3) is 16.6 Å². The second-order valence-corrected chi connectivity index (χ2v) is 5.11. The van der Waals surface area contributed by atoms with Crippen molar-refractivity contribution in [3.63, 3.8) is 0 Å². The molecule has 3 heteroatoms. The Morgan fingerprint density at radius 2 is 1.84 bits per heavy atom. The van der Waals surface area contributed by atoms with Gasteiger partial charge in [-0.15, -0.1) is 0 Å². The minimum absolute atomic E-state index is 0.650. The van der Waals surface area contributed by atoms with Crippen molar-refractivity contribution in [2.24, 2.45) is 0 Å². The maximum atomic E-state index is 5.29. The van der Waals surface area contributed by atoms with Crippen LogP contribution in [0.15, 0.2) is 48.8 Å². The van der Waals surface area contributed by atoms with E-state index in [1.807, 2.05) is 24.5 Å². The molecular weight excluding hydrogens is 252 g/mol. The molecule has 3 aromatic rings. The maximum absolute atomic E-state index is 5.29. The smallest absolute Gasteiger partial charge is 0.137 e. The molecule has 0 atom stereocenters. The van der Waals surface area contributed by atoms with Gasteiger partial charge in [-0.2, -0.15) is 0 Å². The number of aromatic nitrogens is 2. The molecule has 0 saturated carbocycles. The van der Waals surface area contributed by atoms with Crippen LogP contribution in [0.5, 0.6) is 0 Å². The normalized spacial score (nSPS) is 10.8. The summed E-state index contributed by atoms with van der Waals surface area (Å²) in [5, 5.41) is 1.01. The zero-order valence-corrected chi connectivity index (χ0v) is 11.7. The molecule has 2 nitrogen and oxygen atoms in total. The summed E-state index contributed by atoms with van der Waals surface area (Å²) in [7, 11) is 0. The van der Waals surface area contributed by atoms with E-state index in [-0.39, 0.29) is 0 Å². The van der Waals surface area contributed by atoms with Crippen LogP contribution in [-0.4, -0.2) is 9.55 Å². The molecule has 0 saturated heterocycles. The van der Waals surface area contributed by atoms with Crippen LogP contribution in [0, 0.1) is 18.5 Å². The fraction of sp³-hybridized carbons (Fsp3) is 0.125. The van der Waals surface area contributed by atoms with Crippen molar-refractivity contribution in [1.29, 1.82) is 0 Å². The fourth-order valence-electron chi connectivity index (χ4n) is 2.37. The number of nitrogens with zero attached hydrogens (tertiary/aromatic N) is 2. The quantitative estimate of drug-likeness (QED) is 0.609. The Morgan fingerprint density at radius 3 is 2.63 bits per heavy atom. The van der Waals surface area contributed by atoms with Crippen molar-refractivity contribution in [2.45, 2.75) is 13.8 Å². The number of rotatable bonds is 1. The number of hydrogen-bond acceptors (Lipinski definition) is 2. The van der Waals surface area contributed by atoms with Gasteiger partial charge in [-0.1, -0.05) is 42.0 Å². The van der Waals surface area contributed by atoms with Crippen molar-refractivity contribution in [3.8, 4) is 5.69 Å². The molecule has 0 spiro atoms. The van der Waals surface area contributed by atoms with Crippen LogP contribution in [-0.2, 0) is 0 Å². The van der Waals surface area contributed by atoms with Crippen LogP contribution in [0.4, 0.5) is 0 Å². The SMILES string of the molecule is Cc1ccc(-n2cnc(=S)c3ccccc32)c(C)c1. The summed E-state index contributed by atoms with van der Waals surface area (Å²) in [4.78, 5) is 4.32. The molecule has 0 aliphatic rings. The van der Waals surface area contributed by atoms with Gasteiger partial charge in [0.15, 0.2) is 0 Å². The predicted octanol–water partition coefficient (Wildman–Crippen LogP) is 4.37.